The lowest BCUT2D eigenvalue weighted by molar-refractivity contribution is -0.152. The van der Waals surface area contributed by atoms with Gasteiger partial charge in [-0.1, -0.05) is 25.2 Å². The Morgan fingerprint density at radius 2 is 2.12 bits per heavy atom. The first-order chi connectivity index (χ1) is 7.64. The quantitative estimate of drug-likeness (QED) is 0.532. The van der Waals surface area contributed by atoms with E-state index in [1.165, 1.54) is 7.05 Å². The Bertz CT molecular complexity index is 301. The van der Waals surface area contributed by atoms with Gasteiger partial charge in [-0.15, -0.1) is 0 Å². The number of hydrogen-bond donors (Lipinski definition) is 0. The van der Waals surface area contributed by atoms with E-state index in [9.17, 15) is 18.0 Å². The zero-order valence-corrected chi connectivity index (χ0v) is 12.3. The summed E-state index contributed by atoms with van der Waals surface area (Å²) in [4.78, 5) is 10.7. The number of carbonyl (C=O) groups excluding carboxylic acids is 1. The molecule has 0 radical (unpaired) electrons. The first kappa shape index (κ1) is 17.2. The van der Waals surface area contributed by atoms with Crippen LogP contribution in [0.3, 0.4) is 0 Å². The highest BCUT2D eigenvalue weighted by molar-refractivity contribution is 8.68. The maximum Gasteiger partial charge on any atom is 0.412 e. The summed E-state index contributed by atoms with van der Waals surface area (Å²) in [6.45, 7) is 2.30. The van der Waals surface area contributed by atoms with Crippen molar-refractivity contribution in [2.24, 2.45) is 0 Å². The molecule has 0 bridgehead atoms. The summed E-state index contributed by atoms with van der Waals surface area (Å²) in [6.07, 6.45) is -3.29. The van der Waals surface area contributed by atoms with Crippen molar-refractivity contribution in [2.75, 3.05) is 13.7 Å². The molecule has 1 amide bonds. The molecule has 0 heterocycles. The zero-order chi connectivity index (χ0) is 13.7. The summed E-state index contributed by atoms with van der Waals surface area (Å²) in [6, 6.07) is 0. The van der Waals surface area contributed by atoms with Crippen LogP contribution in [0.2, 0.25) is 0 Å². The van der Waals surface area contributed by atoms with E-state index in [0.29, 0.717) is 6.41 Å². The number of carbonyl (C=O) groups is 1. The average Bonchev–Trinajstić information content (AvgIpc) is 2.24. The van der Waals surface area contributed by atoms with Gasteiger partial charge >= 0.3 is 6.18 Å². The molecular weight excluding hydrogens is 294 g/mol. The highest BCUT2D eigenvalue weighted by atomic mass is 32.9. The molecule has 0 rings (SSSR count). The minimum absolute atomic E-state index is 0.0384. The molecule has 0 spiro atoms. The zero-order valence-electron chi connectivity index (χ0n) is 9.73. The highest BCUT2D eigenvalue weighted by Gasteiger charge is 2.34. The van der Waals surface area contributed by atoms with Gasteiger partial charge in [-0.3, -0.25) is 9.46 Å². The van der Waals surface area contributed by atoms with E-state index in [1.807, 2.05) is 13.8 Å². The van der Waals surface area contributed by atoms with E-state index in [0.717, 1.165) is 22.5 Å². The summed E-state index contributed by atoms with van der Waals surface area (Å²) in [5, 5.41) is 0.0384. The summed E-state index contributed by atoms with van der Waals surface area (Å²) in [5.74, 6) is 0. The van der Waals surface area contributed by atoms with Crippen LogP contribution in [0, 0.1) is 0 Å². The van der Waals surface area contributed by atoms with Crippen molar-refractivity contribution in [3.63, 3.8) is 0 Å². The standard InChI is InChI=1S/C8H15F3NO2PS2/c1-4-7(2)17-15(16,12(3)6-13)14-5-8(9,10)11/h6-7H,4-5H2,1-3H3. The molecule has 0 saturated heterocycles. The van der Waals surface area contributed by atoms with Gasteiger partial charge in [-0.2, -0.15) is 13.2 Å². The third kappa shape index (κ3) is 6.64. The molecule has 0 N–H and O–H groups in total. The van der Waals surface area contributed by atoms with Gasteiger partial charge in [0.25, 0.3) is 0 Å². The van der Waals surface area contributed by atoms with Gasteiger partial charge in [-0.25, -0.2) is 0 Å². The molecule has 0 aromatic carbocycles. The molecule has 102 valence electrons. The Labute approximate surface area is 108 Å². The second-order valence-corrected chi connectivity index (χ2v) is 10.5. The van der Waals surface area contributed by atoms with E-state index in [4.69, 9.17) is 16.3 Å². The molecule has 2 atom stereocenters. The van der Waals surface area contributed by atoms with Crippen molar-refractivity contribution >= 4 is 35.2 Å². The SMILES string of the molecule is CCC(C)SP(=S)(OCC(F)(F)F)N(C)C=O. The van der Waals surface area contributed by atoms with Gasteiger partial charge < -0.3 is 4.52 Å². The molecule has 0 aliphatic heterocycles. The normalized spacial score (nSPS) is 17.3. The topological polar surface area (TPSA) is 29.5 Å². The lowest BCUT2D eigenvalue weighted by atomic mass is 10.4. The lowest BCUT2D eigenvalue weighted by Gasteiger charge is -2.30. The maximum absolute atomic E-state index is 12.1. The van der Waals surface area contributed by atoms with Gasteiger partial charge in [0.2, 0.25) is 12.0 Å². The first-order valence-electron chi connectivity index (χ1n) is 4.83. The molecule has 0 fully saturated rings. The molecule has 2 unspecified atom stereocenters. The van der Waals surface area contributed by atoms with Crippen LogP contribution < -0.4 is 0 Å². The number of alkyl halides is 3. The monoisotopic (exact) mass is 309 g/mol. The molecular formula is C8H15F3NO2PS2. The molecule has 0 aliphatic carbocycles. The molecule has 0 aliphatic rings. The highest BCUT2D eigenvalue weighted by Crippen LogP contribution is 2.63. The van der Waals surface area contributed by atoms with E-state index in [1.54, 1.807) is 0 Å². The van der Waals surface area contributed by atoms with Crippen LogP contribution >= 0.6 is 17.0 Å². The van der Waals surface area contributed by atoms with Crippen LogP contribution in [0.15, 0.2) is 0 Å². The van der Waals surface area contributed by atoms with E-state index >= 15 is 0 Å². The van der Waals surface area contributed by atoms with Crippen molar-refractivity contribution in [1.29, 1.82) is 0 Å². The second kappa shape index (κ2) is 6.97. The Morgan fingerprint density at radius 1 is 1.59 bits per heavy atom. The van der Waals surface area contributed by atoms with Crippen LogP contribution in [0.4, 0.5) is 13.2 Å². The smallest absolute Gasteiger partial charge is 0.317 e. The molecule has 0 aromatic rings. The van der Waals surface area contributed by atoms with Crippen LogP contribution in [-0.2, 0) is 21.1 Å². The summed E-state index contributed by atoms with van der Waals surface area (Å²) >= 11 is 6.20. The third-order valence-electron chi connectivity index (χ3n) is 1.82. The summed E-state index contributed by atoms with van der Waals surface area (Å²) < 4.78 is 42.1. The van der Waals surface area contributed by atoms with Crippen molar-refractivity contribution in [2.45, 2.75) is 31.7 Å². The predicted octanol–water partition coefficient (Wildman–Crippen LogP) is 3.41. The fraction of sp³-hybridized carbons (Fsp3) is 0.875. The van der Waals surface area contributed by atoms with Gasteiger partial charge in [0.05, 0.1) is 0 Å². The van der Waals surface area contributed by atoms with Crippen LogP contribution in [0.25, 0.3) is 0 Å². The van der Waals surface area contributed by atoms with Crippen LogP contribution in [0.5, 0.6) is 0 Å². The molecule has 3 nitrogen and oxygen atoms in total. The Kier molecular flexibility index (Phi) is 7.06. The lowest BCUT2D eigenvalue weighted by Crippen LogP contribution is -2.21. The minimum atomic E-state index is -4.44. The Balaban J connectivity index is 4.74. The fourth-order valence-corrected chi connectivity index (χ4v) is 6.44. The molecule has 0 saturated carbocycles. The first-order valence-corrected chi connectivity index (χ1v) is 8.98. The fourth-order valence-electron chi connectivity index (χ4n) is 0.710. The van der Waals surface area contributed by atoms with E-state index < -0.39 is 18.4 Å². The van der Waals surface area contributed by atoms with E-state index in [2.05, 4.69) is 0 Å². The number of hydrogen-bond acceptors (Lipinski definition) is 4. The number of nitrogens with zero attached hydrogens (tertiary/aromatic N) is 1. The third-order valence-corrected chi connectivity index (χ3v) is 8.93. The van der Waals surface area contributed by atoms with E-state index in [-0.39, 0.29) is 5.25 Å². The molecule has 0 aromatic heterocycles. The van der Waals surface area contributed by atoms with Crippen molar-refractivity contribution in [3.8, 4) is 0 Å². The number of halogens is 3. The molecule has 17 heavy (non-hydrogen) atoms. The Hall–Kier alpha value is 0.220. The van der Waals surface area contributed by atoms with Gasteiger partial charge in [0, 0.05) is 12.3 Å². The minimum Gasteiger partial charge on any atom is -0.317 e. The Morgan fingerprint density at radius 3 is 2.47 bits per heavy atom. The predicted molar refractivity (Wildman–Crippen MR) is 67.5 cm³/mol. The van der Waals surface area contributed by atoms with Gasteiger partial charge in [0.15, 0.2) is 6.61 Å². The summed E-state index contributed by atoms with van der Waals surface area (Å²) in [5.41, 5.74) is -2.98. The van der Waals surface area contributed by atoms with Crippen molar-refractivity contribution in [1.82, 2.24) is 4.67 Å². The number of amides is 1. The van der Waals surface area contributed by atoms with Gasteiger partial charge in [0.1, 0.15) is 0 Å². The second-order valence-electron chi connectivity index (χ2n) is 3.36. The average molecular weight is 309 g/mol. The largest absolute Gasteiger partial charge is 0.412 e. The number of rotatable bonds is 7. The van der Waals surface area contributed by atoms with Crippen molar-refractivity contribution in [3.05, 3.63) is 0 Å². The van der Waals surface area contributed by atoms with Crippen molar-refractivity contribution < 1.29 is 22.5 Å². The van der Waals surface area contributed by atoms with Crippen LogP contribution in [-0.4, -0.2) is 36.2 Å². The van der Waals surface area contributed by atoms with Gasteiger partial charge in [-0.05, 0) is 18.2 Å². The summed E-state index contributed by atoms with van der Waals surface area (Å²) in [7, 11) is 1.35. The molecule has 9 heteroatoms. The van der Waals surface area contributed by atoms with Crippen LogP contribution in [0.1, 0.15) is 20.3 Å². The maximum atomic E-state index is 12.1.